The zero-order valence-corrected chi connectivity index (χ0v) is 22.9. The number of benzene rings is 1. The fourth-order valence-electron chi connectivity index (χ4n) is 4.91. The number of carbonyl (C=O) groups is 1. The van der Waals surface area contributed by atoms with Crippen molar-refractivity contribution in [3.8, 4) is 11.3 Å². The van der Waals surface area contributed by atoms with Crippen molar-refractivity contribution in [3.05, 3.63) is 73.1 Å². The summed E-state index contributed by atoms with van der Waals surface area (Å²) in [4.78, 5) is 29.3. The molecule has 0 spiro atoms. The van der Waals surface area contributed by atoms with Crippen molar-refractivity contribution in [1.82, 2.24) is 20.0 Å². The molecule has 0 unspecified atom stereocenters. The Bertz CT molecular complexity index is 1680. The molecule has 0 saturated heterocycles. The van der Waals surface area contributed by atoms with Crippen LogP contribution in [0, 0.1) is 5.82 Å². The van der Waals surface area contributed by atoms with E-state index in [9.17, 15) is 14.7 Å². The van der Waals surface area contributed by atoms with Crippen LogP contribution in [-0.2, 0) is 25.6 Å². The first-order chi connectivity index (χ1) is 18.5. The quantitative estimate of drug-likeness (QED) is 0.314. The molecule has 4 heterocycles. The van der Waals surface area contributed by atoms with Gasteiger partial charge in [-0.1, -0.05) is 20.8 Å². The Hall–Kier alpha value is -3.83. The van der Waals surface area contributed by atoms with Gasteiger partial charge >= 0.3 is 0 Å². The number of aromatic amines is 1. The summed E-state index contributed by atoms with van der Waals surface area (Å²) in [6.07, 6.45) is 2.23. The molecule has 0 radical (unpaired) electrons. The Balaban J connectivity index is 1.38. The second-order valence-corrected chi connectivity index (χ2v) is 12.2. The summed E-state index contributed by atoms with van der Waals surface area (Å²) in [6.45, 7) is 5.95. The molecule has 3 aromatic heterocycles. The highest BCUT2D eigenvalue weighted by atomic mass is 32.1. The Morgan fingerprint density at radius 2 is 1.97 bits per heavy atom. The number of fused-ring (bicyclic) bond motifs is 1. The van der Waals surface area contributed by atoms with Gasteiger partial charge in [0, 0.05) is 40.7 Å². The van der Waals surface area contributed by atoms with Gasteiger partial charge in [0.2, 0.25) is 0 Å². The standard InChI is InChI=1S/C28H29FN6O3S/c1-28(2,3)22-9-15-12-35(27(38)25(15)39-22)24-17(13-36)16(7-8-18(24)29)20-10-21(26(37)34(4)33-20)30-23-11-19(31-32-23)14-5-6-14/h7-11,14,36H,5-6,12-13H2,1-4H3,(H2,30,31,32). The van der Waals surface area contributed by atoms with Crippen molar-refractivity contribution < 1.29 is 14.3 Å². The number of amides is 1. The van der Waals surface area contributed by atoms with Crippen molar-refractivity contribution in [2.75, 3.05) is 10.2 Å². The largest absolute Gasteiger partial charge is 0.392 e. The molecule has 1 aliphatic carbocycles. The van der Waals surface area contributed by atoms with Crippen LogP contribution in [0.3, 0.4) is 0 Å². The molecule has 39 heavy (non-hydrogen) atoms. The first-order valence-corrected chi connectivity index (χ1v) is 13.6. The number of aromatic nitrogens is 4. The number of thiophene rings is 1. The van der Waals surface area contributed by atoms with E-state index in [-0.39, 0.29) is 40.4 Å². The molecule has 1 aliphatic heterocycles. The predicted molar refractivity (Wildman–Crippen MR) is 148 cm³/mol. The molecule has 3 N–H and O–H groups in total. The molecular formula is C28H29FN6O3S. The highest BCUT2D eigenvalue weighted by Crippen LogP contribution is 2.42. The summed E-state index contributed by atoms with van der Waals surface area (Å²) in [7, 11) is 1.52. The maximum Gasteiger partial charge on any atom is 0.290 e. The number of halogens is 1. The highest BCUT2D eigenvalue weighted by Gasteiger charge is 2.36. The molecule has 1 amide bonds. The molecule has 2 aliphatic rings. The fraction of sp³-hybridized carbons (Fsp3) is 0.357. The van der Waals surface area contributed by atoms with Gasteiger partial charge in [0.15, 0.2) is 5.82 Å². The monoisotopic (exact) mass is 548 g/mol. The number of aryl methyl sites for hydroxylation is 1. The average molecular weight is 549 g/mol. The summed E-state index contributed by atoms with van der Waals surface area (Å²) in [6, 6.07) is 8.22. The van der Waals surface area contributed by atoms with Gasteiger partial charge in [0.1, 0.15) is 11.5 Å². The van der Waals surface area contributed by atoms with E-state index >= 15 is 4.39 Å². The first kappa shape index (κ1) is 25.4. The minimum absolute atomic E-state index is 0.0206. The van der Waals surface area contributed by atoms with Crippen LogP contribution in [0.5, 0.6) is 0 Å². The summed E-state index contributed by atoms with van der Waals surface area (Å²) >= 11 is 1.43. The normalized spacial score (nSPS) is 15.2. The van der Waals surface area contributed by atoms with Gasteiger partial charge in [-0.25, -0.2) is 9.07 Å². The van der Waals surface area contributed by atoms with Gasteiger partial charge < -0.3 is 10.4 Å². The minimum Gasteiger partial charge on any atom is -0.392 e. The van der Waals surface area contributed by atoms with Crippen molar-refractivity contribution in [2.24, 2.45) is 7.05 Å². The van der Waals surface area contributed by atoms with E-state index in [0.717, 1.165) is 29.0 Å². The summed E-state index contributed by atoms with van der Waals surface area (Å²) in [5, 5.41) is 25.1. The third-order valence-corrected chi connectivity index (χ3v) is 8.79. The molecule has 11 heteroatoms. The van der Waals surface area contributed by atoms with Crippen molar-refractivity contribution in [1.29, 1.82) is 0 Å². The summed E-state index contributed by atoms with van der Waals surface area (Å²) in [5.41, 5.74) is 2.66. The smallest absolute Gasteiger partial charge is 0.290 e. The number of aliphatic hydroxyl groups is 1. The van der Waals surface area contributed by atoms with Crippen LogP contribution >= 0.6 is 11.3 Å². The lowest BCUT2D eigenvalue weighted by Crippen LogP contribution is -2.26. The Labute approximate surface area is 228 Å². The number of hydrogen-bond acceptors (Lipinski definition) is 7. The van der Waals surface area contributed by atoms with E-state index in [2.05, 4.69) is 41.4 Å². The van der Waals surface area contributed by atoms with Crippen LogP contribution in [0.15, 0.2) is 35.1 Å². The van der Waals surface area contributed by atoms with Crippen LogP contribution < -0.4 is 15.8 Å². The van der Waals surface area contributed by atoms with Crippen LogP contribution in [0.2, 0.25) is 0 Å². The highest BCUT2D eigenvalue weighted by molar-refractivity contribution is 7.14. The zero-order valence-electron chi connectivity index (χ0n) is 22.1. The van der Waals surface area contributed by atoms with Crippen LogP contribution in [0.25, 0.3) is 11.3 Å². The summed E-state index contributed by atoms with van der Waals surface area (Å²) in [5.74, 6) is 0.0789. The number of anilines is 3. The Morgan fingerprint density at radius 3 is 2.64 bits per heavy atom. The zero-order chi connectivity index (χ0) is 27.6. The second-order valence-electron chi connectivity index (χ2n) is 11.2. The van der Waals surface area contributed by atoms with Crippen LogP contribution in [-0.4, -0.2) is 31.0 Å². The lowest BCUT2D eigenvalue weighted by atomic mass is 9.94. The third kappa shape index (κ3) is 4.45. The lowest BCUT2D eigenvalue weighted by Gasteiger charge is -2.23. The third-order valence-electron chi connectivity index (χ3n) is 7.19. The molecule has 0 bridgehead atoms. The van der Waals surface area contributed by atoms with E-state index in [0.29, 0.717) is 27.9 Å². The number of nitrogens with one attached hydrogen (secondary N) is 2. The van der Waals surface area contributed by atoms with Gasteiger partial charge in [-0.3, -0.25) is 19.6 Å². The Kier molecular flexibility index (Phi) is 5.96. The van der Waals surface area contributed by atoms with Gasteiger partial charge in [0.25, 0.3) is 11.5 Å². The molecule has 6 rings (SSSR count). The molecule has 0 atom stereocenters. The molecule has 9 nitrogen and oxygen atoms in total. The Morgan fingerprint density at radius 1 is 1.21 bits per heavy atom. The molecular weight excluding hydrogens is 519 g/mol. The van der Waals surface area contributed by atoms with Crippen molar-refractivity contribution in [2.45, 2.75) is 58.1 Å². The van der Waals surface area contributed by atoms with E-state index in [1.165, 1.54) is 40.1 Å². The average Bonchev–Trinajstić information content (AvgIpc) is 3.34. The van der Waals surface area contributed by atoms with Gasteiger partial charge in [-0.05, 0) is 48.1 Å². The number of hydrogen-bond donors (Lipinski definition) is 3. The molecule has 1 aromatic carbocycles. The maximum atomic E-state index is 15.3. The minimum atomic E-state index is -0.616. The maximum absolute atomic E-state index is 15.3. The topological polar surface area (TPSA) is 116 Å². The van der Waals surface area contributed by atoms with Crippen LogP contribution in [0.4, 0.5) is 21.6 Å². The lowest BCUT2D eigenvalue weighted by molar-refractivity contribution is 0.0998. The number of rotatable bonds is 6. The summed E-state index contributed by atoms with van der Waals surface area (Å²) < 4.78 is 16.5. The van der Waals surface area contributed by atoms with Gasteiger partial charge in [0.05, 0.1) is 29.4 Å². The van der Waals surface area contributed by atoms with Crippen molar-refractivity contribution in [3.63, 3.8) is 0 Å². The second kappa shape index (κ2) is 9.13. The number of nitrogens with zero attached hydrogens (tertiary/aromatic N) is 4. The van der Waals surface area contributed by atoms with E-state index < -0.39 is 12.4 Å². The van der Waals surface area contributed by atoms with E-state index in [1.54, 1.807) is 6.07 Å². The fourth-order valence-corrected chi connectivity index (χ4v) is 6.09. The first-order valence-electron chi connectivity index (χ1n) is 12.8. The number of carbonyl (C=O) groups excluding carboxylic acids is 1. The van der Waals surface area contributed by atoms with Crippen LogP contribution in [0.1, 0.15) is 70.9 Å². The molecule has 4 aromatic rings. The molecule has 202 valence electrons. The number of H-pyrrole nitrogens is 1. The van der Waals surface area contributed by atoms with E-state index in [1.807, 2.05) is 12.1 Å². The molecule has 1 fully saturated rings. The van der Waals surface area contributed by atoms with Crippen molar-refractivity contribution >= 4 is 34.4 Å². The number of aliphatic hydroxyl groups excluding tert-OH is 1. The molecule has 1 saturated carbocycles. The predicted octanol–water partition coefficient (Wildman–Crippen LogP) is 4.94. The van der Waals surface area contributed by atoms with Gasteiger partial charge in [-0.15, -0.1) is 11.3 Å². The van der Waals surface area contributed by atoms with Gasteiger partial charge in [-0.2, -0.15) is 10.2 Å². The van der Waals surface area contributed by atoms with E-state index in [4.69, 9.17) is 0 Å². The SMILES string of the molecule is Cn1nc(-c2ccc(F)c(N3Cc4cc(C(C)(C)C)sc4C3=O)c2CO)cc(Nc2cc(C3CC3)[nH]n2)c1=O.